The Hall–Kier alpha value is -3.28. The van der Waals surface area contributed by atoms with Crippen molar-refractivity contribution < 1.29 is 9.59 Å². The molecule has 2 aromatic rings. The molecule has 1 amide bonds. The number of hydrogen-bond acceptors (Lipinski definition) is 5. The summed E-state index contributed by atoms with van der Waals surface area (Å²) < 4.78 is 0. The highest BCUT2D eigenvalue weighted by Crippen LogP contribution is 2.34. The van der Waals surface area contributed by atoms with Crippen LogP contribution in [0, 0.1) is 5.92 Å². The summed E-state index contributed by atoms with van der Waals surface area (Å²) >= 11 is 0. The summed E-state index contributed by atoms with van der Waals surface area (Å²) in [5.74, 6) is 0.448. The maximum atomic E-state index is 13.0. The van der Waals surface area contributed by atoms with Crippen molar-refractivity contribution in [2.75, 3.05) is 5.73 Å². The number of nitrogens with one attached hydrogen (secondary N) is 1. The number of nitrogens with two attached hydrogens (primary N) is 1. The number of rotatable bonds is 4. The lowest BCUT2D eigenvalue weighted by atomic mass is 9.80. The smallest absolute Gasteiger partial charge is 0.220 e. The van der Waals surface area contributed by atoms with Crippen LogP contribution in [0.4, 0.5) is 5.95 Å². The number of carbonyl (C=O) groups is 2. The van der Waals surface area contributed by atoms with Crippen molar-refractivity contribution in [2.24, 2.45) is 5.92 Å². The van der Waals surface area contributed by atoms with Crippen LogP contribution in [0.2, 0.25) is 0 Å². The van der Waals surface area contributed by atoms with Gasteiger partial charge in [0.05, 0.1) is 17.0 Å². The molecule has 0 aliphatic heterocycles. The van der Waals surface area contributed by atoms with Crippen molar-refractivity contribution in [3.63, 3.8) is 0 Å². The molecule has 2 aliphatic carbocycles. The molecule has 3 N–H and O–H groups in total. The van der Waals surface area contributed by atoms with Gasteiger partial charge in [-0.05, 0) is 42.7 Å². The van der Waals surface area contributed by atoms with E-state index in [1.807, 2.05) is 30.4 Å². The fourth-order valence-electron chi connectivity index (χ4n) is 4.24. The van der Waals surface area contributed by atoms with E-state index < -0.39 is 0 Å². The van der Waals surface area contributed by atoms with Crippen LogP contribution in [0.15, 0.2) is 54.3 Å². The Bertz CT molecular complexity index is 1010. The minimum absolute atomic E-state index is 0.0764. The van der Waals surface area contributed by atoms with Crippen molar-refractivity contribution in [1.29, 1.82) is 0 Å². The number of nitrogen functional groups attached to an aromatic ring is 1. The summed E-state index contributed by atoms with van der Waals surface area (Å²) in [7, 11) is 0. The Kier molecular flexibility index (Phi) is 5.25. The van der Waals surface area contributed by atoms with Gasteiger partial charge in [0.2, 0.25) is 11.9 Å². The van der Waals surface area contributed by atoms with Crippen LogP contribution >= 0.6 is 0 Å². The highest BCUT2D eigenvalue weighted by Gasteiger charge is 2.31. The van der Waals surface area contributed by atoms with Gasteiger partial charge in [0.15, 0.2) is 5.78 Å². The second-order valence-electron chi connectivity index (χ2n) is 7.72. The maximum absolute atomic E-state index is 13.0. The first-order valence-corrected chi connectivity index (χ1v) is 9.88. The first kappa shape index (κ1) is 19.1. The molecule has 6 nitrogen and oxygen atoms in total. The fraction of sp³-hybridized carbons (Fsp3) is 0.304. The van der Waals surface area contributed by atoms with Crippen molar-refractivity contribution in [3.8, 4) is 0 Å². The molecule has 2 aliphatic rings. The number of hydrogen-bond donors (Lipinski definition) is 2. The predicted octanol–water partition coefficient (Wildman–Crippen LogP) is 3.11. The molecule has 29 heavy (non-hydrogen) atoms. The molecule has 0 bridgehead atoms. The summed E-state index contributed by atoms with van der Waals surface area (Å²) in [4.78, 5) is 33.2. The average Bonchev–Trinajstić information content (AvgIpc) is 2.67. The van der Waals surface area contributed by atoms with E-state index in [0.29, 0.717) is 36.9 Å². The van der Waals surface area contributed by atoms with Crippen molar-refractivity contribution in [1.82, 2.24) is 15.3 Å². The second-order valence-corrected chi connectivity index (χ2v) is 7.72. The van der Waals surface area contributed by atoms with Crippen molar-refractivity contribution in [2.45, 2.75) is 38.5 Å². The number of carbonyl (C=O) groups excluding carboxylic acids is 2. The van der Waals surface area contributed by atoms with Crippen LogP contribution in [0.5, 0.6) is 0 Å². The summed E-state index contributed by atoms with van der Waals surface area (Å²) in [6.07, 6.45) is 8.33. The van der Waals surface area contributed by atoms with E-state index in [4.69, 9.17) is 5.73 Å². The topological polar surface area (TPSA) is 98.0 Å². The standard InChI is InChI=1S/C23H24N4O2/c1-14(28)25-18-9-5-6-15(10-18)11-19-22-20(27-23(24)26-19)12-17(13-21(22)29)16-7-3-2-4-8-16/h2-9,15,17H,10-13H2,1H3,(H,25,28)(H2,24,26,27). The number of fused-ring (bicyclic) bond motifs is 1. The second kappa shape index (κ2) is 7.99. The SMILES string of the molecule is CC(=O)NC1=CC=CC(Cc2nc(N)nc3c2C(=O)CC(c2ccccc2)C3)C1. The fourth-order valence-corrected chi connectivity index (χ4v) is 4.24. The minimum Gasteiger partial charge on any atom is -0.368 e. The molecule has 1 aromatic carbocycles. The van der Waals surface area contributed by atoms with Gasteiger partial charge in [0.25, 0.3) is 0 Å². The van der Waals surface area contributed by atoms with Crippen LogP contribution in [0.25, 0.3) is 0 Å². The van der Waals surface area contributed by atoms with E-state index in [2.05, 4.69) is 33.5 Å². The lowest BCUT2D eigenvalue weighted by Crippen LogP contribution is -2.26. The minimum atomic E-state index is -0.0870. The first-order valence-electron chi connectivity index (χ1n) is 9.88. The predicted molar refractivity (Wildman–Crippen MR) is 111 cm³/mol. The zero-order valence-electron chi connectivity index (χ0n) is 16.4. The Morgan fingerprint density at radius 3 is 2.72 bits per heavy atom. The lowest BCUT2D eigenvalue weighted by Gasteiger charge is -2.26. The number of amides is 1. The van der Waals surface area contributed by atoms with Gasteiger partial charge < -0.3 is 11.1 Å². The van der Waals surface area contributed by atoms with Gasteiger partial charge in [-0.2, -0.15) is 0 Å². The van der Waals surface area contributed by atoms with E-state index in [0.717, 1.165) is 17.0 Å². The lowest BCUT2D eigenvalue weighted by molar-refractivity contribution is -0.118. The van der Waals surface area contributed by atoms with Crippen LogP contribution in [0.1, 0.15) is 53.0 Å². The molecule has 0 saturated carbocycles. The summed E-state index contributed by atoms with van der Waals surface area (Å²) in [5, 5.41) is 2.85. The number of Topliss-reactive ketones (excluding diaryl/α,β-unsaturated/α-hetero) is 1. The molecule has 0 saturated heterocycles. The van der Waals surface area contributed by atoms with Crippen LogP contribution in [-0.2, 0) is 17.6 Å². The first-order chi connectivity index (χ1) is 14.0. The van der Waals surface area contributed by atoms with Gasteiger partial charge in [0, 0.05) is 19.0 Å². The molecule has 2 atom stereocenters. The van der Waals surface area contributed by atoms with Crippen LogP contribution in [-0.4, -0.2) is 21.7 Å². The highest BCUT2D eigenvalue weighted by atomic mass is 16.1. The molecule has 6 heteroatoms. The monoisotopic (exact) mass is 388 g/mol. The molecule has 1 heterocycles. The van der Waals surface area contributed by atoms with E-state index in [-0.39, 0.29) is 29.5 Å². The molecule has 0 radical (unpaired) electrons. The van der Waals surface area contributed by atoms with Gasteiger partial charge in [-0.25, -0.2) is 9.97 Å². The van der Waals surface area contributed by atoms with Crippen molar-refractivity contribution >= 4 is 17.6 Å². The zero-order chi connectivity index (χ0) is 20.4. The van der Waals surface area contributed by atoms with E-state index in [1.165, 1.54) is 6.92 Å². The Labute approximate surface area is 169 Å². The van der Waals surface area contributed by atoms with Gasteiger partial charge in [-0.15, -0.1) is 0 Å². The van der Waals surface area contributed by atoms with Crippen LogP contribution in [0.3, 0.4) is 0 Å². The molecule has 1 aromatic heterocycles. The van der Waals surface area contributed by atoms with Crippen molar-refractivity contribution in [3.05, 3.63) is 76.8 Å². The number of anilines is 1. The number of aromatic nitrogens is 2. The molecular weight excluding hydrogens is 364 g/mol. The molecular formula is C23H24N4O2. The third-order valence-electron chi connectivity index (χ3n) is 5.45. The Balaban J connectivity index is 1.59. The quantitative estimate of drug-likeness (QED) is 0.839. The number of ketones is 1. The number of benzene rings is 1. The van der Waals surface area contributed by atoms with Gasteiger partial charge >= 0.3 is 0 Å². The number of nitrogens with zero attached hydrogens (tertiary/aromatic N) is 2. The Morgan fingerprint density at radius 2 is 1.97 bits per heavy atom. The van der Waals surface area contributed by atoms with E-state index in [9.17, 15) is 9.59 Å². The molecule has 4 rings (SSSR count). The molecule has 0 fully saturated rings. The number of allylic oxidation sites excluding steroid dienone is 4. The summed E-state index contributed by atoms with van der Waals surface area (Å²) in [5.41, 5.74) is 10.1. The third-order valence-corrected chi connectivity index (χ3v) is 5.45. The molecule has 148 valence electrons. The van der Waals surface area contributed by atoms with Gasteiger partial charge in [-0.1, -0.05) is 42.5 Å². The largest absolute Gasteiger partial charge is 0.368 e. The summed E-state index contributed by atoms with van der Waals surface area (Å²) in [6.45, 7) is 1.50. The van der Waals surface area contributed by atoms with Gasteiger partial charge in [-0.3, -0.25) is 9.59 Å². The van der Waals surface area contributed by atoms with Gasteiger partial charge in [0.1, 0.15) is 0 Å². The summed E-state index contributed by atoms with van der Waals surface area (Å²) in [6, 6.07) is 10.1. The zero-order valence-corrected chi connectivity index (χ0v) is 16.4. The third kappa shape index (κ3) is 4.26. The molecule has 0 spiro atoms. The molecule has 2 unspecified atom stereocenters. The van der Waals surface area contributed by atoms with Crippen LogP contribution < -0.4 is 11.1 Å². The normalized spacial score (nSPS) is 20.7. The average molecular weight is 388 g/mol. The van der Waals surface area contributed by atoms with E-state index >= 15 is 0 Å². The van der Waals surface area contributed by atoms with E-state index in [1.54, 1.807) is 0 Å². The maximum Gasteiger partial charge on any atom is 0.220 e. The highest BCUT2D eigenvalue weighted by molar-refractivity contribution is 6.00. The Morgan fingerprint density at radius 1 is 1.17 bits per heavy atom.